The van der Waals surface area contributed by atoms with Crippen molar-refractivity contribution in [3.05, 3.63) is 69.1 Å². The van der Waals surface area contributed by atoms with E-state index >= 15 is 0 Å². The molecule has 2 aromatic carbocycles. The van der Waals surface area contributed by atoms with Crippen molar-refractivity contribution in [3.8, 4) is 17.4 Å². The van der Waals surface area contributed by atoms with Gasteiger partial charge in [-0.05, 0) is 48.2 Å². The Labute approximate surface area is 166 Å². The molecule has 0 saturated carbocycles. The minimum atomic E-state index is -0.588. The Morgan fingerprint density at radius 2 is 1.79 bits per heavy atom. The van der Waals surface area contributed by atoms with Crippen molar-refractivity contribution in [3.63, 3.8) is 0 Å². The van der Waals surface area contributed by atoms with Crippen LogP contribution in [0.25, 0.3) is 22.3 Å². The van der Waals surface area contributed by atoms with E-state index in [-0.39, 0.29) is 35.7 Å². The highest BCUT2D eigenvalue weighted by Crippen LogP contribution is 2.30. The number of hydrogen-bond acceptors (Lipinski definition) is 3. The van der Waals surface area contributed by atoms with Crippen molar-refractivity contribution < 1.29 is 8.81 Å². The SMILES string of the molecule is C.CCC.Cc1cc(C(C)C)c2oc(-c3ccc(C#N)cc3F)cc(=O)c2c1. The predicted molar refractivity (Wildman–Crippen MR) is 114 cm³/mol. The molecule has 0 unspecified atom stereocenters. The van der Waals surface area contributed by atoms with Crippen LogP contribution in [0.1, 0.15) is 64.2 Å². The van der Waals surface area contributed by atoms with Crippen LogP contribution in [-0.2, 0) is 0 Å². The molecule has 3 rings (SSSR count). The zero-order chi connectivity index (χ0) is 20.1. The lowest BCUT2D eigenvalue weighted by Gasteiger charge is -2.12. The number of fused-ring (bicyclic) bond motifs is 1. The Kier molecular flexibility index (Phi) is 8.13. The largest absolute Gasteiger partial charge is 0.455 e. The van der Waals surface area contributed by atoms with Crippen LogP contribution in [0.3, 0.4) is 0 Å². The maximum Gasteiger partial charge on any atom is 0.193 e. The predicted octanol–water partition coefficient (Wildman–Crippen LogP) is 6.96. The van der Waals surface area contributed by atoms with E-state index in [4.69, 9.17) is 9.68 Å². The number of benzene rings is 2. The van der Waals surface area contributed by atoms with E-state index in [2.05, 4.69) is 13.8 Å². The molecule has 28 heavy (non-hydrogen) atoms. The smallest absolute Gasteiger partial charge is 0.193 e. The van der Waals surface area contributed by atoms with Crippen molar-refractivity contribution >= 4 is 11.0 Å². The molecule has 1 heterocycles. The van der Waals surface area contributed by atoms with Gasteiger partial charge in [0.15, 0.2) is 5.43 Å². The third kappa shape index (κ3) is 4.86. The summed E-state index contributed by atoms with van der Waals surface area (Å²) in [6.45, 7) is 10.2. The highest BCUT2D eigenvalue weighted by Gasteiger charge is 2.15. The van der Waals surface area contributed by atoms with Gasteiger partial charge in [-0.1, -0.05) is 47.6 Å². The molecule has 1 aromatic heterocycles. The first-order chi connectivity index (χ1) is 12.8. The number of rotatable bonds is 2. The van der Waals surface area contributed by atoms with Gasteiger partial charge in [-0.2, -0.15) is 5.26 Å². The van der Waals surface area contributed by atoms with Crippen molar-refractivity contribution in [2.45, 2.75) is 54.4 Å². The van der Waals surface area contributed by atoms with Crippen LogP contribution in [0, 0.1) is 24.1 Å². The normalized spacial score (nSPS) is 10.1. The van der Waals surface area contributed by atoms with E-state index in [1.165, 1.54) is 24.6 Å². The number of halogens is 1. The van der Waals surface area contributed by atoms with E-state index in [1.807, 2.05) is 32.9 Å². The molecular formula is C24H28FNO2. The molecule has 0 aliphatic rings. The van der Waals surface area contributed by atoms with E-state index < -0.39 is 5.82 Å². The molecule has 0 saturated heterocycles. The molecule has 0 radical (unpaired) electrons. The molecular weight excluding hydrogens is 353 g/mol. The van der Waals surface area contributed by atoms with Crippen LogP contribution in [0.2, 0.25) is 0 Å². The lowest BCUT2D eigenvalue weighted by Crippen LogP contribution is -2.04. The van der Waals surface area contributed by atoms with Crippen molar-refractivity contribution in [2.24, 2.45) is 0 Å². The minimum Gasteiger partial charge on any atom is -0.455 e. The summed E-state index contributed by atoms with van der Waals surface area (Å²) in [5.41, 5.74) is 2.57. The molecule has 0 aliphatic heterocycles. The fourth-order valence-electron chi connectivity index (χ4n) is 2.78. The van der Waals surface area contributed by atoms with E-state index in [1.54, 1.807) is 6.07 Å². The molecule has 0 atom stereocenters. The van der Waals surface area contributed by atoms with Crippen molar-refractivity contribution in [1.29, 1.82) is 5.26 Å². The molecule has 0 amide bonds. The highest BCUT2D eigenvalue weighted by molar-refractivity contribution is 5.83. The molecule has 0 N–H and O–H groups in total. The third-order valence-corrected chi connectivity index (χ3v) is 3.99. The number of hydrogen-bond donors (Lipinski definition) is 0. The van der Waals surface area contributed by atoms with Crippen LogP contribution in [0.4, 0.5) is 4.39 Å². The van der Waals surface area contributed by atoms with Gasteiger partial charge >= 0.3 is 0 Å². The first-order valence-corrected chi connectivity index (χ1v) is 9.10. The van der Waals surface area contributed by atoms with Crippen molar-refractivity contribution in [2.75, 3.05) is 0 Å². The summed E-state index contributed by atoms with van der Waals surface area (Å²) < 4.78 is 20.2. The zero-order valence-electron chi connectivity index (χ0n) is 16.4. The molecule has 3 aromatic rings. The van der Waals surface area contributed by atoms with Gasteiger partial charge in [0.2, 0.25) is 0 Å². The summed E-state index contributed by atoms with van der Waals surface area (Å²) >= 11 is 0. The average molecular weight is 381 g/mol. The van der Waals surface area contributed by atoms with Crippen LogP contribution in [-0.4, -0.2) is 0 Å². The van der Waals surface area contributed by atoms with Crippen molar-refractivity contribution in [1.82, 2.24) is 0 Å². The summed E-state index contributed by atoms with van der Waals surface area (Å²) in [5, 5.41) is 9.34. The summed E-state index contributed by atoms with van der Waals surface area (Å²) in [6, 6.07) is 11.0. The minimum absolute atomic E-state index is 0. The number of nitrogens with zero attached hydrogens (tertiary/aromatic N) is 1. The van der Waals surface area contributed by atoms with Gasteiger partial charge in [-0.15, -0.1) is 0 Å². The molecule has 148 valence electrons. The second-order valence-electron chi connectivity index (χ2n) is 6.87. The number of nitriles is 1. The topological polar surface area (TPSA) is 54.0 Å². The summed E-state index contributed by atoms with van der Waals surface area (Å²) in [7, 11) is 0. The average Bonchev–Trinajstić information content (AvgIpc) is 2.62. The monoisotopic (exact) mass is 381 g/mol. The molecule has 0 fully saturated rings. The zero-order valence-corrected chi connectivity index (χ0v) is 16.4. The van der Waals surface area contributed by atoms with Crippen LogP contribution in [0.5, 0.6) is 0 Å². The van der Waals surface area contributed by atoms with Gasteiger partial charge in [0.05, 0.1) is 22.6 Å². The van der Waals surface area contributed by atoms with Crippen LogP contribution >= 0.6 is 0 Å². The first-order valence-electron chi connectivity index (χ1n) is 9.10. The number of aryl methyl sites for hydroxylation is 1. The Morgan fingerprint density at radius 3 is 2.32 bits per heavy atom. The molecule has 0 spiro atoms. The van der Waals surface area contributed by atoms with Crippen LogP contribution in [0.15, 0.2) is 45.6 Å². The van der Waals surface area contributed by atoms with Gasteiger partial charge in [-0.25, -0.2) is 4.39 Å². The maximum atomic E-state index is 14.3. The van der Waals surface area contributed by atoms with E-state index in [0.29, 0.717) is 11.0 Å². The summed E-state index contributed by atoms with van der Waals surface area (Å²) in [4.78, 5) is 12.5. The lowest BCUT2D eigenvalue weighted by molar-refractivity contribution is 0.589. The summed E-state index contributed by atoms with van der Waals surface area (Å²) in [5.74, 6) is -0.258. The van der Waals surface area contributed by atoms with Gasteiger partial charge in [0.1, 0.15) is 17.2 Å². The Balaban J connectivity index is 0.000000921. The third-order valence-electron chi connectivity index (χ3n) is 3.99. The second-order valence-corrected chi connectivity index (χ2v) is 6.87. The molecule has 3 nitrogen and oxygen atoms in total. The highest BCUT2D eigenvalue weighted by atomic mass is 19.1. The second kappa shape index (κ2) is 9.85. The van der Waals surface area contributed by atoms with Gasteiger partial charge in [0.25, 0.3) is 0 Å². The van der Waals surface area contributed by atoms with Crippen LogP contribution < -0.4 is 5.43 Å². The standard InChI is InChI=1S/C20H16FNO2.C3H8.CH4/c1-11(2)15-6-12(3)7-16-18(23)9-19(24-20(15)16)14-5-4-13(10-22)8-17(14)21;1-3-2;/h4-9,11H,1-3H3;3H2,1-2H3;1H4. The van der Waals surface area contributed by atoms with E-state index in [9.17, 15) is 9.18 Å². The summed E-state index contributed by atoms with van der Waals surface area (Å²) in [6.07, 6.45) is 1.25. The fraction of sp³-hybridized carbons (Fsp3) is 0.333. The fourth-order valence-corrected chi connectivity index (χ4v) is 2.78. The van der Waals surface area contributed by atoms with Gasteiger partial charge in [-0.3, -0.25) is 4.79 Å². The van der Waals surface area contributed by atoms with Gasteiger partial charge in [0, 0.05) is 6.07 Å². The van der Waals surface area contributed by atoms with E-state index in [0.717, 1.165) is 17.2 Å². The Bertz CT molecular complexity index is 1060. The van der Waals surface area contributed by atoms with Gasteiger partial charge < -0.3 is 4.42 Å². The quantitative estimate of drug-likeness (QED) is 0.482. The maximum absolute atomic E-state index is 14.3. The Morgan fingerprint density at radius 1 is 1.14 bits per heavy atom. The Hall–Kier alpha value is -2.93. The molecule has 0 bridgehead atoms. The molecule has 4 heteroatoms. The first kappa shape index (κ1) is 23.1. The molecule has 0 aliphatic carbocycles. The lowest BCUT2D eigenvalue weighted by atomic mass is 9.97.